The lowest BCUT2D eigenvalue weighted by Crippen LogP contribution is -2.28. The molecule has 1 N–H and O–H groups in total. The molecule has 27 heavy (non-hydrogen) atoms. The van der Waals surface area contributed by atoms with E-state index in [0.29, 0.717) is 26.5 Å². The summed E-state index contributed by atoms with van der Waals surface area (Å²) >= 11 is 7.48. The van der Waals surface area contributed by atoms with Crippen LogP contribution >= 0.6 is 22.9 Å². The second kappa shape index (κ2) is 6.75. The summed E-state index contributed by atoms with van der Waals surface area (Å²) in [6, 6.07) is 11.9. The molecule has 0 aliphatic heterocycles. The van der Waals surface area contributed by atoms with Gasteiger partial charge in [-0.15, -0.1) is 11.3 Å². The van der Waals surface area contributed by atoms with Gasteiger partial charge in [-0.25, -0.2) is 9.67 Å². The van der Waals surface area contributed by atoms with Crippen molar-refractivity contribution in [2.45, 2.75) is 19.4 Å². The second-order valence-corrected chi connectivity index (χ2v) is 7.65. The van der Waals surface area contributed by atoms with E-state index in [-0.39, 0.29) is 12.0 Å². The molecule has 1 atom stereocenters. The van der Waals surface area contributed by atoms with Crippen molar-refractivity contribution in [3.05, 3.63) is 68.5 Å². The van der Waals surface area contributed by atoms with Crippen molar-refractivity contribution < 1.29 is 9.90 Å². The van der Waals surface area contributed by atoms with Gasteiger partial charge in [0.1, 0.15) is 11.0 Å². The Kier molecular flexibility index (Phi) is 4.41. The molecule has 0 bridgehead atoms. The molecule has 136 valence electrons. The Hall–Kier alpha value is -2.77. The van der Waals surface area contributed by atoms with Gasteiger partial charge in [0.15, 0.2) is 0 Å². The summed E-state index contributed by atoms with van der Waals surface area (Å²) in [5.41, 5.74) is 0.840. The van der Waals surface area contributed by atoms with Gasteiger partial charge >= 0.3 is 5.97 Å². The molecule has 8 heteroatoms. The minimum atomic E-state index is -1.000. The molecule has 2 aromatic heterocycles. The van der Waals surface area contributed by atoms with E-state index in [9.17, 15) is 14.7 Å². The molecule has 1 unspecified atom stereocenters. The molecule has 0 aliphatic carbocycles. The van der Waals surface area contributed by atoms with Crippen LogP contribution in [0.5, 0.6) is 0 Å². The Morgan fingerprint density at radius 2 is 2.00 bits per heavy atom. The summed E-state index contributed by atoms with van der Waals surface area (Å²) in [6.45, 7) is 1.83. The van der Waals surface area contributed by atoms with Crippen molar-refractivity contribution in [2.75, 3.05) is 0 Å². The Bertz CT molecular complexity index is 1250. The summed E-state index contributed by atoms with van der Waals surface area (Å²) in [4.78, 5) is 28.8. The Balaban J connectivity index is 1.89. The molecule has 2 aromatic carbocycles. The maximum Gasteiger partial charge on any atom is 0.309 e. The van der Waals surface area contributed by atoms with Crippen LogP contribution in [0.1, 0.15) is 23.7 Å². The monoisotopic (exact) mass is 399 g/mol. The van der Waals surface area contributed by atoms with E-state index in [1.54, 1.807) is 36.4 Å². The van der Waals surface area contributed by atoms with Crippen LogP contribution in [0.15, 0.2) is 47.3 Å². The quantitative estimate of drug-likeness (QED) is 0.562. The Morgan fingerprint density at radius 3 is 2.74 bits per heavy atom. The SMILES string of the molecule is CC(c1nc2cc(Cl)ccc2s1)n1nc(CC(=O)O)c2ccccc2c1=O. The number of benzene rings is 2. The third-order valence-corrected chi connectivity index (χ3v) is 5.76. The van der Waals surface area contributed by atoms with Gasteiger partial charge in [0.25, 0.3) is 5.56 Å². The molecule has 2 heterocycles. The predicted octanol–water partition coefficient (Wildman–Crippen LogP) is 3.90. The zero-order chi connectivity index (χ0) is 19.1. The van der Waals surface area contributed by atoms with Crippen molar-refractivity contribution in [3.63, 3.8) is 0 Å². The van der Waals surface area contributed by atoms with Crippen molar-refractivity contribution in [1.82, 2.24) is 14.8 Å². The predicted molar refractivity (Wildman–Crippen MR) is 106 cm³/mol. The highest BCUT2D eigenvalue weighted by molar-refractivity contribution is 7.18. The molecule has 0 saturated heterocycles. The lowest BCUT2D eigenvalue weighted by atomic mass is 10.1. The van der Waals surface area contributed by atoms with E-state index in [1.807, 2.05) is 13.0 Å². The van der Waals surface area contributed by atoms with E-state index in [4.69, 9.17) is 11.6 Å². The summed E-state index contributed by atoms with van der Waals surface area (Å²) in [5.74, 6) is -1.000. The summed E-state index contributed by atoms with van der Waals surface area (Å²) in [5, 5.41) is 15.9. The van der Waals surface area contributed by atoms with Crippen molar-refractivity contribution in [3.8, 4) is 0 Å². The van der Waals surface area contributed by atoms with Crippen molar-refractivity contribution in [1.29, 1.82) is 0 Å². The van der Waals surface area contributed by atoms with E-state index in [1.165, 1.54) is 16.0 Å². The zero-order valence-corrected chi connectivity index (χ0v) is 15.8. The molecule has 0 amide bonds. The van der Waals surface area contributed by atoms with Gasteiger partial charge in [-0.3, -0.25) is 9.59 Å². The van der Waals surface area contributed by atoms with Gasteiger partial charge in [0, 0.05) is 10.4 Å². The van der Waals surface area contributed by atoms with Gasteiger partial charge < -0.3 is 5.11 Å². The first-order valence-corrected chi connectivity index (χ1v) is 9.41. The molecule has 0 aliphatic rings. The van der Waals surface area contributed by atoms with Crippen LogP contribution in [0.25, 0.3) is 21.0 Å². The normalized spacial score (nSPS) is 12.5. The van der Waals surface area contributed by atoms with Crippen LogP contribution in [0.4, 0.5) is 0 Å². The fourth-order valence-electron chi connectivity index (χ4n) is 3.01. The summed E-state index contributed by atoms with van der Waals surface area (Å²) in [7, 11) is 0. The van der Waals surface area contributed by atoms with Crippen LogP contribution in [0.3, 0.4) is 0 Å². The number of nitrogens with zero attached hydrogens (tertiary/aromatic N) is 3. The van der Waals surface area contributed by atoms with Crippen molar-refractivity contribution in [2.24, 2.45) is 0 Å². The van der Waals surface area contributed by atoms with Crippen LogP contribution in [-0.4, -0.2) is 25.8 Å². The molecule has 4 aromatic rings. The maximum atomic E-state index is 13.0. The number of hydrogen-bond donors (Lipinski definition) is 1. The summed E-state index contributed by atoms with van der Waals surface area (Å²) < 4.78 is 2.28. The van der Waals surface area contributed by atoms with Crippen molar-refractivity contribution >= 4 is 49.9 Å². The highest BCUT2D eigenvalue weighted by Crippen LogP contribution is 2.29. The molecule has 0 spiro atoms. The van der Waals surface area contributed by atoms with Gasteiger partial charge in [0.2, 0.25) is 0 Å². The lowest BCUT2D eigenvalue weighted by molar-refractivity contribution is -0.136. The lowest BCUT2D eigenvalue weighted by Gasteiger charge is -2.14. The van der Waals surface area contributed by atoms with E-state index >= 15 is 0 Å². The highest BCUT2D eigenvalue weighted by atomic mass is 35.5. The zero-order valence-electron chi connectivity index (χ0n) is 14.2. The van der Waals surface area contributed by atoms with Gasteiger partial charge in [0.05, 0.1) is 27.7 Å². The van der Waals surface area contributed by atoms with E-state index in [2.05, 4.69) is 10.1 Å². The number of carbonyl (C=O) groups is 1. The number of carboxylic acid groups (broad SMARTS) is 1. The number of aliphatic carboxylic acids is 1. The third kappa shape index (κ3) is 3.20. The fraction of sp³-hybridized carbons (Fsp3) is 0.158. The number of halogens is 1. The number of carboxylic acids is 1. The highest BCUT2D eigenvalue weighted by Gasteiger charge is 2.20. The average molecular weight is 400 g/mol. The molecule has 6 nitrogen and oxygen atoms in total. The standard InChI is InChI=1S/C19H14ClN3O3S/c1-10(18-21-15-8-11(20)6-7-16(15)27-18)23-19(26)13-5-3-2-4-12(13)14(22-23)9-17(24)25/h2-8,10H,9H2,1H3,(H,24,25). The van der Waals surface area contributed by atoms with Crippen LogP contribution in [0.2, 0.25) is 5.02 Å². The van der Waals surface area contributed by atoms with Gasteiger partial charge in [-0.1, -0.05) is 29.8 Å². The first-order valence-electron chi connectivity index (χ1n) is 8.22. The molecule has 0 fully saturated rings. The van der Waals surface area contributed by atoms with Crippen LogP contribution in [0, 0.1) is 0 Å². The van der Waals surface area contributed by atoms with E-state index < -0.39 is 12.0 Å². The molecule has 0 radical (unpaired) electrons. The number of fused-ring (bicyclic) bond motifs is 2. The topological polar surface area (TPSA) is 85.1 Å². The average Bonchev–Trinajstić information content (AvgIpc) is 3.06. The summed E-state index contributed by atoms with van der Waals surface area (Å²) in [6.07, 6.45) is -0.261. The Labute approximate surface area is 162 Å². The minimum Gasteiger partial charge on any atom is -0.481 e. The molecule has 4 rings (SSSR count). The largest absolute Gasteiger partial charge is 0.481 e. The molecule has 0 saturated carbocycles. The molecular formula is C19H14ClN3O3S. The van der Waals surface area contributed by atoms with Crippen LogP contribution in [-0.2, 0) is 11.2 Å². The maximum absolute atomic E-state index is 13.0. The minimum absolute atomic E-state index is 0.261. The first kappa shape index (κ1) is 17.6. The fourth-order valence-corrected chi connectivity index (χ4v) is 4.16. The second-order valence-electron chi connectivity index (χ2n) is 6.15. The third-order valence-electron chi connectivity index (χ3n) is 4.31. The van der Waals surface area contributed by atoms with Crippen LogP contribution < -0.4 is 5.56 Å². The number of hydrogen-bond acceptors (Lipinski definition) is 5. The smallest absolute Gasteiger partial charge is 0.309 e. The number of thiazole rings is 1. The Morgan fingerprint density at radius 1 is 1.26 bits per heavy atom. The number of aromatic nitrogens is 3. The van der Waals surface area contributed by atoms with E-state index in [0.717, 1.165) is 10.2 Å². The van der Waals surface area contributed by atoms with Gasteiger partial charge in [-0.2, -0.15) is 5.10 Å². The number of rotatable bonds is 4. The van der Waals surface area contributed by atoms with Gasteiger partial charge in [-0.05, 0) is 31.2 Å². The molecular weight excluding hydrogens is 386 g/mol. The first-order chi connectivity index (χ1) is 12.9.